The molecule has 108 valence electrons. The first-order valence-corrected chi connectivity index (χ1v) is 7.16. The van der Waals surface area contributed by atoms with Crippen molar-refractivity contribution in [1.29, 1.82) is 0 Å². The molecule has 2 aromatic rings. The second-order valence-corrected chi connectivity index (χ2v) is 5.46. The zero-order valence-corrected chi connectivity index (χ0v) is 12.5. The van der Waals surface area contributed by atoms with Gasteiger partial charge < -0.3 is 15.6 Å². The van der Waals surface area contributed by atoms with E-state index < -0.39 is 6.04 Å². The highest BCUT2D eigenvalue weighted by Crippen LogP contribution is 2.18. The normalized spacial score (nSPS) is 12.4. The number of aromatic amines is 1. The summed E-state index contributed by atoms with van der Waals surface area (Å²) in [5.41, 5.74) is 0.889. The number of carbonyl (C=O) groups is 1. The van der Waals surface area contributed by atoms with Gasteiger partial charge in [-0.25, -0.2) is 9.97 Å². The smallest absolute Gasteiger partial charge is 0.242 e. The summed E-state index contributed by atoms with van der Waals surface area (Å²) < 4.78 is 4.27. The minimum Gasteiger partial charge on any atom is -0.357 e. The Labute approximate surface area is 121 Å². The van der Waals surface area contributed by atoms with Crippen LogP contribution in [-0.4, -0.2) is 38.3 Å². The summed E-state index contributed by atoms with van der Waals surface area (Å²) in [6, 6.07) is -0.409. The Morgan fingerprint density at radius 2 is 2.30 bits per heavy atom. The van der Waals surface area contributed by atoms with Gasteiger partial charge in [0, 0.05) is 42.8 Å². The van der Waals surface area contributed by atoms with Crippen LogP contribution in [0.15, 0.2) is 12.5 Å². The average molecular weight is 294 g/mol. The highest BCUT2D eigenvalue weighted by Gasteiger charge is 2.20. The first-order valence-electron chi connectivity index (χ1n) is 6.39. The second-order valence-electron chi connectivity index (χ2n) is 4.70. The van der Waals surface area contributed by atoms with Gasteiger partial charge in [0.05, 0.1) is 6.33 Å². The van der Waals surface area contributed by atoms with Crippen molar-refractivity contribution in [2.24, 2.45) is 0 Å². The third kappa shape index (κ3) is 3.53. The number of hydrogen-bond acceptors (Lipinski definition) is 6. The lowest BCUT2D eigenvalue weighted by atomic mass is 10.1. The fourth-order valence-electron chi connectivity index (χ4n) is 1.68. The Morgan fingerprint density at radius 3 is 2.85 bits per heavy atom. The van der Waals surface area contributed by atoms with Crippen LogP contribution >= 0.6 is 11.5 Å². The van der Waals surface area contributed by atoms with Crippen LogP contribution in [0.4, 0.5) is 5.13 Å². The highest BCUT2D eigenvalue weighted by molar-refractivity contribution is 7.09. The molecule has 8 heteroatoms. The molecule has 2 rings (SSSR count). The summed E-state index contributed by atoms with van der Waals surface area (Å²) in [5, 5.41) is 6.43. The highest BCUT2D eigenvalue weighted by atomic mass is 32.1. The number of imidazole rings is 1. The third-order valence-corrected chi connectivity index (χ3v) is 3.46. The third-order valence-electron chi connectivity index (χ3n) is 2.80. The van der Waals surface area contributed by atoms with E-state index in [0.717, 1.165) is 11.5 Å². The lowest BCUT2D eigenvalue weighted by Crippen LogP contribution is -2.39. The van der Waals surface area contributed by atoms with E-state index in [4.69, 9.17) is 0 Å². The van der Waals surface area contributed by atoms with E-state index in [1.54, 1.807) is 19.6 Å². The summed E-state index contributed by atoms with van der Waals surface area (Å²) in [5.74, 6) is 0.962. The van der Waals surface area contributed by atoms with Crippen molar-refractivity contribution in [3.8, 4) is 0 Å². The van der Waals surface area contributed by atoms with E-state index in [-0.39, 0.29) is 11.8 Å². The molecule has 0 bridgehead atoms. The Morgan fingerprint density at radius 1 is 1.50 bits per heavy atom. The fraction of sp³-hybridized carbons (Fsp3) is 0.500. The molecule has 0 unspecified atom stereocenters. The molecular weight excluding hydrogens is 276 g/mol. The summed E-state index contributed by atoms with van der Waals surface area (Å²) in [6.45, 7) is 4.07. The maximum atomic E-state index is 11.9. The number of anilines is 1. The van der Waals surface area contributed by atoms with Gasteiger partial charge in [-0.2, -0.15) is 4.37 Å². The molecule has 20 heavy (non-hydrogen) atoms. The summed E-state index contributed by atoms with van der Waals surface area (Å²) in [4.78, 5) is 23.3. The van der Waals surface area contributed by atoms with Crippen LogP contribution in [0.2, 0.25) is 0 Å². The molecule has 2 heterocycles. The Balaban J connectivity index is 2.08. The molecule has 0 aromatic carbocycles. The molecule has 0 saturated carbocycles. The molecule has 0 aliphatic heterocycles. The molecule has 0 aliphatic rings. The molecule has 0 spiro atoms. The van der Waals surface area contributed by atoms with Crippen LogP contribution in [-0.2, 0) is 11.2 Å². The number of aromatic nitrogens is 4. The van der Waals surface area contributed by atoms with Gasteiger partial charge in [0.15, 0.2) is 0 Å². The zero-order chi connectivity index (χ0) is 14.5. The van der Waals surface area contributed by atoms with Gasteiger partial charge in [-0.3, -0.25) is 4.79 Å². The van der Waals surface area contributed by atoms with Gasteiger partial charge in [-0.05, 0) is 0 Å². The molecule has 3 N–H and O–H groups in total. The van der Waals surface area contributed by atoms with Crippen molar-refractivity contribution in [2.45, 2.75) is 32.2 Å². The van der Waals surface area contributed by atoms with E-state index >= 15 is 0 Å². The number of nitrogens with one attached hydrogen (secondary N) is 3. The van der Waals surface area contributed by atoms with Crippen molar-refractivity contribution in [3.05, 3.63) is 24.0 Å². The Kier molecular flexibility index (Phi) is 4.67. The first-order chi connectivity index (χ1) is 9.60. The minimum atomic E-state index is -0.409. The van der Waals surface area contributed by atoms with E-state index in [1.165, 1.54) is 11.5 Å². The van der Waals surface area contributed by atoms with Gasteiger partial charge in [0.25, 0.3) is 0 Å². The minimum absolute atomic E-state index is 0.0964. The molecule has 0 fully saturated rings. The Bertz CT molecular complexity index is 550. The lowest BCUT2D eigenvalue weighted by Gasteiger charge is -2.15. The van der Waals surface area contributed by atoms with Gasteiger partial charge in [-0.15, -0.1) is 0 Å². The number of nitrogens with zero attached hydrogens (tertiary/aromatic N) is 3. The monoisotopic (exact) mass is 294 g/mol. The summed E-state index contributed by atoms with van der Waals surface area (Å²) in [7, 11) is 1.61. The molecule has 1 atom stereocenters. The maximum Gasteiger partial charge on any atom is 0.242 e. The van der Waals surface area contributed by atoms with Crippen LogP contribution in [0.5, 0.6) is 0 Å². The first kappa shape index (κ1) is 14.4. The van der Waals surface area contributed by atoms with E-state index in [1.807, 2.05) is 13.8 Å². The summed E-state index contributed by atoms with van der Waals surface area (Å²) >= 11 is 1.27. The van der Waals surface area contributed by atoms with Crippen molar-refractivity contribution in [3.63, 3.8) is 0 Å². The topological polar surface area (TPSA) is 95.6 Å². The summed E-state index contributed by atoms with van der Waals surface area (Å²) in [6.07, 6.45) is 3.81. The molecule has 0 aliphatic carbocycles. The lowest BCUT2D eigenvalue weighted by molar-refractivity contribution is -0.121. The molecule has 7 nitrogen and oxygen atoms in total. The van der Waals surface area contributed by atoms with Gasteiger partial charge in [-0.1, -0.05) is 13.8 Å². The van der Waals surface area contributed by atoms with Crippen molar-refractivity contribution in [2.75, 3.05) is 12.4 Å². The van der Waals surface area contributed by atoms with Gasteiger partial charge in [0.2, 0.25) is 11.0 Å². The SMILES string of the molecule is CNC(=O)[C@H](Cc1cnc[nH]1)Nc1nc(C(C)C)ns1. The van der Waals surface area contributed by atoms with Crippen molar-refractivity contribution < 1.29 is 4.79 Å². The molecule has 2 aromatic heterocycles. The van der Waals surface area contributed by atoms with Crippen LogP contribution in [0.3, 0.4) is 0 Å². The Hall–Kier alpha value is -1.96. The van der Waals surface area contributed by atoms with Gasteiger partial charge in [0.1, 0.15) is 11.9 Å². The van der Waals surface area contributed by atoms with Crippen LogP contribution in [0, 0.1) is 0 Å². The zero-order valence-electron chi connectivity index (χ0n) is 11.7. The van der Waals surface area contributed by atoms with Crippen molar-refractivity contribution in [1.82, 2.24) is 24.6 Å². The molecule has 0 radical (unpaired) electrons. The number of likely N-dealkylation sites (N-methyl/N-ethyl adjacent to an activating group) is 1. The van der Waals surface area contributed by atoms with E-state index in [9.17, 15) is 4.79 Å². The second kappa shape index (κ2) is 6.47. The standard InChI is InChI=1S/C12H18N6OS/c1-7(2)10-17-12(20-18-10)16-9(11(19)13-3)4-8-5-14-6-15-8/h5-7,9H,4H2,1-3H3,(H,13,19)(H,14,15)(H,16,17,18)/t9-/m0/s1. The predicted octanol–water partition coefficient (Wildman–Crippen LogP) is 1.15. The number of H-pyrrole nitrogens is 1. The van der Waals surface area contributed by atoms with E-state index in [2.05, 4.69) is 30.0 Å². The number of carbonyl (C=O) groups excluding carboxylic acids is 1. The molecule has 1 amide bonds. The largest absolute Gasteiger partial charge is 0.357 e. The quantitative estimate of drug-likeness (QED) is 0.743. The van der Waals surface area contributed by atoms with Crippen LogP contribution < -0.4 is 10.6 Å². The van der Waals surface area contributed by atoms with E-state index in [0.29, 0.717) is 11.6 Å². The maximum absolute atomic E-state index is 11.9. The number of rotatable bonds is 6. The van der Waals surface area contributed by atoms with Gasteiger partial charge >= 0.3 is 0 Å². The fourth-order valence-corrected chi connectivity index (χ4v) is 2.44. The van der Waals surface area contributed by atoms with Crippen LogP contribution in [0.25, 0.3) is 0 Å². The van der Waals surface area contributed by atoms with Crippen LogP contribution in [0.1, 0.15) is 31.3 Å². The number of amides is 1. The average Bonchev–Trinajstić information content (AvgIpc) is 3.08. The van der Waals surface area contributed by atoms with Crippen molar-refractivity contribution >= 4 is 22.6 Å². The molecule has 0 saturated heterocycles. The molecular formula is C12H18N6OS. The predicted molar refractivity (Wildman–Crippen MR) is 77.8 cm³/mol. The number of hydrogen-bond donors (Lipinski definition) is 3.